The summed E-state index contributed by atoms with van der Waals surface area (Å²) in [4.78, 5) is 0. The van der Waals surface area contributed by atoms with Gasteiger partial charge in [0.25, 0.3) is 0 Å². The van der Waals surface area contributed by atoms with Gasteiger partial charge in [0.2, 0.25) is 0 Å². The van der Waals surface area contributed by atoms with E-state index in [4.69, 9.17) is 0 Å². The van der Waals surface area contributed by atoms with Crippen molar-refractivity contribution in [3.63, 3.8) is 0 Å². The summed E-state index contributed by atoms with van der Waals surface area (Å²) in [6.45, 7) is 5.00. The summed E-state index contributed by atoms with van der Waals surface area (Å²) < 4.78 is 0. The molecule has 0 radical (unpaired) electrons. The van der Waals surface area contributed by atoms with Gasteiger partial charge in [-0.2, -0.15) is 19.1 Å². The molecule has 0 aliphatic heterocycles. The van der Waals surface area contributed by atoms with Crippen LogP contribution in [0.15, 0.2) is 36.5 Å². The summed E-state index contributed by atoms with van der Waals surface area (Å²) >= 11 is 0. The minimum absolute atomic E-state index is 0. The van der Waals surface area contributed by atoms with Crippen molar-refractivity contribution in [2.45, 2.75) is 19.8 Å². The first-order valence-corrected chi connectivity index (χ1v) is 4.14. The Hall–Kier alpha value is -0.157. The Bertz CT molecular complexity index is 148. The van der Waals surface area contributed by atoms with E-state index in [1.54, 1.807) is 6.92 Å². The van der Waals surface area contributed by atoms with E-state index < -0.39 is 0 Å². The first kappa shape index (κ1) is 15.3. The molecule has 0 N–H and O–H groups in total. The van der Waals surface area contributed by atoms with E-state index in [2.05, 4.69) is 31.2 Å². The molecule has 0 aromatic carbocycles. The number of allylic oxidation sites excluding steroid dienone is 8. The maximum Gasteiger partial charge on any atom is 4.00 e. The zero-order valence-corrected chi connectivity index (χ0v) is 10.5. The Labute approximate surface area is 103 Å². The van der Waals surface area contributed by atoms with Gasteiger partial charge in [-0.15, -0.1) is 12.8 Å². The monoisotopic (exact) mass is 250 g/mol. The zero-order chi connectivity index (χ0) is 9.07. The van der Waals surface area contributed by atoms with Crippen LogP contribution in [0.5, 0.6) is 0 Å². The molecule has 2 aliphatic rings. The summed E-state index contributed by atoms with van der Waals surface area (Å²) in [7, 11) is 0. The van der Waals surface area contributed by atoms with Crippen molar-refractivity contribution >= 4 is 0 Å². The van der Waals surface area contributed by atoms with E-state index in [0.29, 0.717) is 0 Å². The van der Waals surface area contributed by atoms with Gasteiger partial charge in [0, 0.05) is 0 Å². The molecule has 0 bridgehead atoms. The first-order valence-electron chi connectivity index (χ1n) is 4.14. The fourth-order valence-corrected chi connectivity index (χ4v) is 0.680. The third-order valence-electron chi connectivity index (χ3n) is 1.17. The standard InChI is InChI=1S/2C5H5.C2H5.Zr.H/c2*1-2-4-5-3-1;1-2;;/h2*1-3H,4H2;1H2,2H3;;/q3*-1;+4;-1. The molecule has 0 aromatic heterocycles. The summed E-state index contributed by atoms with van der Waals surface area (Å²) in [5.74, 6) is 0. The second kappa shape index (κ2) is 14.4. The van der Waals surface area contributed by atoms with Crippen LogP contribution < -0.4 is 0 Å². The SMILES string of the molecule is [C-]1=CC=CC1.[C-]1=CC=CC1.[CH2-]C.[H-].[Zr+4]. The molecule has 0 amide bonds. The Kier molecular flexibility index (Phi) is 16.9. The predicted octanol–water partition coefficient (Wildman–Crippen LogP) is 3.56. The smallest absolute Gasteiger partial charge is 1.00 e. The molecule has 2 aliphatic carbocycles. The van der Waals surface area contributed by atoms with Crippen LogP contribution in [0.4, 0.5) is 0 Å². The minimum Gasteiger partial charge on any atom is -1.00 e. The molecule has 2 rings (SSSR count). The first-order chi connectivity index (χ1) is 6.00. The molecular weight excluding hydrogens is 235 g/mol. The third kappa shape index (κ3) is 11.8. The molecule has 0 aromatic rings. The van der Waals surface area contributed by atoms with Gasteiger partial charge < -0.3 is 8.35 Å². The molecule has 13 heavy (non-hydrogen) atoms. The van der Waals surface area contributed by atoms with Gasteiger partial charge in [0.1, 0.15) is 0 Å². The molecule has 0 atom stereocenters. The summed E-state index contributed by atoms with van der Waals surface area (Å²) in [6, 6.07) is 0. The van der Waals surface area contributed by atoms with Gasteiger partial charge in [-0.1, -0.05) is 0 Å². The molecule has 0 fully saturated rings. The second-order valence-electron chi connectivity index (χ2n) is 2.01. The summed E-state index contributed by atoms with van der Waals surface area (Å²) in [6.07, 6.45) is 20.0. The Balaban J connectivity index is -0.000000131. The molecule has 0 heterocycles. The van der Waals surface area contributed by atoms with Crippen molar-refractivity contribution in [3.05, 3.63) is 55.5 Å². The molecule has 1 heteroatoms. The van der Waals surface area contributed by atoms with Gasteiger partial charge in [-0.3, -0.25) is 12.2 Å². The van der Waals surface area contributed by atoms with Crippen LogP contribution in [-0.4, -0.2) is 0 Å². The Morgan fingerprint density at radius 3 is 1.46 bits per heavy atom. The average Bonchev–Trinajstić information content (AvgIpc) is 2.87. The van der Waals surface area contributed by atoms with Crippen LogP contribution in [0.2, 0.25) is 0 Å². The maximum absolute atomic E-state index is 3.25. The van der Waals surface area contributed by atoms with Crippen molar-refractivity contribution in [2.75, 3.05) is 0 Å². The summed E-state index contributed by atoms with van der Waals surface area (Å²) in [5, 5.41) is 0. The van der Waals surface area contributed by atoms with Crippen LogP contribution >= 0.6 is 0 Å². The quantitative estimate of drug-likeness (QED) is 0.578. The zero-order valence-electron chi connectivity index (χ0n) is 9.09. The van der Waals surface area contributed by atoms with Crippen LogP contribution in [0.3, 0.4) is 0 Å². The third-order valence-corrected chi connectivity index (χ3v) is 1.17. The number of hydrogen-bond acceptors (Lipinski definition) is 0. The van der Waals surface area contributed by atoms with Gasteiger partial charge in [0.15, 0.2) is 0 Å². The van der Waals surface area contributed by atoms with E-state index in [9.17, 15) is 0 Å². The van der Waals surface area contributed by atoms with Gasteiger partial charge in [0.05, 0.1) is 0 Å². The van der Waals surface area contributed by atoms with Crippen LogP contribution in [0.25, 0.3) is 0 Å². The molecule has 0 nitrogen and oxygen atoms in total. The normalized spacial score (nSPS) is 14.0. The van der Waals surface area contributed by atoms with Crippen molar-refractivity contribution in [1.82, 2.24) is 0 Å². The van der Waals surface area contributed by atoms with Crippen molar-refractivity contribution < 1.29 is 27.6 Å². The second-order valence-corrected chi connectivity index (χ2v) is 2.01. The fraction of sp³-hybridized carbons (Fsp3) is 0.250. The molecule has 68 valence electrons. The van der Waals surface area contributed by atoms with E-state index >= 15 is 0 Å². The van der Waals surface area contributed by atoms with E-state index in [1.807, 2.05) is 24.3 Å². The topological polar surface area (TPSA) is 0 Å². The molecule has 0 unspecified atom stereocenters. The Morgan fingerprint density at radius 1 is 1.00 bits per heavy atom. The van der Waals surface area contributed by atoms with Gasteiger partial charge in [-0.05, 0) is 0 Å². The van der Waals surface area contributed by atoms with Crippen LogP contribution in [0, 0.1) is 19.1 Å². The average molecular weight is 251 g/mol. The van der Waals surface area contributed by atoms with Crippen molar-refractivity contribution in [3.8, 4) is 0 Å². The van der Waals surface area contributed by atoms with Gasteiger partial charge in [-0.25, -0.2) is 24.3 Å². The predicted molar refractivity (Wildman–Crippen MR) is 55.3 cm³/mol. The summed E-state index contributed by atoms with van der Waals surface area (Å²) in [5.41, 5.74) is 0. The van der Waals surface area contributed by atoms with Gasteiger partial charge >= 0.3 is 26.2 Å². The number of rotatable bonds is 0. The van der Waals surface area contributed by atoms with Crippen molar-refractivity contribution in [2.24, 2.45) is 0 Å². The fourth-order valence-electron chi connectivity index (χ4n) is 0.680. The van der Waals surface area contributed by atoms with E-state index in [1.165, 1.54) is 0 Å². The maximum atomic E-state index is 3.25. The van der Waals surface area contributed by atoms with E-state index in [0.717, 1.165) is 12.8 Å². The molecular formula is C12H16Zr. The van der Waals surface area contributed by atoms with E-state index in [-0.39, 0.29) is 27.6 Å². The molecule has 0 saturated heterocycles. The Morgan fingerprint density at radius 2 is 1.38 bits per heavy atom. The largest absolute Gasteiger partial charge is 4.00 e. The molecule has 0 saturated carbocycles. The van der Waals surface area contributed by atoms with Crippen LogP contribution in [-0.2, 0) is 26.2 Å². The number of hydrogen-bond donors (Lipinski definition) is 0. The van der Waals surface area contributed by atoms with Crippen LogP contribution in [0.1, 0.15) is 21.2 Å². The minimum atomic E-state index is 0. The van der Waals surface area contributed by atoms with Crippen molar-refractivity contribution in [1.29, 1.82) is 0 Å². The molecule has 0 spiro atoms.